The Morgan fingerprint density at radius 2 is 2.23 bits per heavy atom. The van der Waals surface area contributed by atoms with Crippen LogP contribution in [0.15, 0.2) is 28.3 Å². The van der Waals surface area contributed by atoms with E-state index in [9.17, 15) is 4.79 Å². The summed E-state index contributed by atoms with van der Waals surface area (Å²) in [6.45, 7) is 9.17. The lowest BCUT2D eigenvalue weighted by molar-refractivity contribution is 0.0226. The maximum atomic E-state index is 11.7. The monoisotopic (exact) mass is 428 g/mol. The molecule has 1 aromatic carbocycles. The van der Waals surface area contributed by atoms with Gasteiger partial charge < -0.3 is 20.6 Å². The number of rotatable bonds is 6. The minimum Gasteiger partial charge on any atom is -0.444 e. The van der Waals surface area contributed by atoms with Crippen LogP contribution in [0.25, 0.3) is 0 Å². The molecule has 1 aromatic rings. The molecule has 3 N–H and O–H groups in total. The number of benzene rings is 1. The molecule has 31 heavy (non-hydrogen) atoms. The van der Waals surface area contributed by atoms with Crippen LogP contribution in [0.5, 0.6) is 0 Å². The second-order valence-electron chi connectivity index (χ2n) is 8.38. The van der Waals surface area contributed by atoms with Crippen LogP contribution in [-0.2, 0) is 15.9 Å². The molecular weight excluding hydrogens is 392 g/mol. The predicted octanol–water partition coefficient (Wildman–Crippen LogP) is 3.67. The highest BCUT2D eigenvalue weighted by Crippen LogP contribution is 2.15. The summed E-state index contributed by atoms with van der Waals surface area (Å²) in [7, 11) is 0. The lowest BCUT2D eigenvalue weighted by Gasteiger charge is -2.20. The van der Waals surface area contributed by atoms with Crippen LogP contribution in [-0.4, -0.2) is 49.4 Å². The fourth-order valence-electron chi connectivity index (χ4n) is 3.17. The summed E-state index contributed by atoms with van der Waals surface area (Å²) in [5, 5.41) is 6.56. The van der Waals surface area contributed by atoms with E-state index in [0.717, 1.165) is 42.6 Å². The lowest BCUT2D eigenvalue weighted by atomic mass is 9.98. The van der Waals surface area contributed by atoms with Crippen molar-refractivity contribution in [2.75, 3.05) is 19.7 Å². The number of nitrogens with zero attached hydrogens (tertiary/aromatic N) is 2. The number of carbonyl (C=O) groups excluding carboxylic acids is 1. The van der Waals surface area contributed by atoms with Gasteiger partial charge in [-0.25, -0.2) is 4.79 Å². The van der Waals surface area contributed by atoms with Crippen LogP contribution in [0, 0.1) is 11.8 Å². The van der Waals surface area contributed by atoms with Gasteiger partial charge in [0.05, 0.1) is 19.2 Å². The second-order valence-corrected chi connectivity index (χ2v) is 8.38. The molecule has 7 heteroatoms. The summed E-state index contributed by atoms with van der Waals surface area (Å²) in [5.41, 5.74) is 2.99. The van der Waals surface area contributed by atoms with Gasteiger partial charge in [-0.1, -0.05) is 24.8 Å². The minimum absolute atomic E-state index is 0. The van der Waals surface area contributed by atoms with Gasteiger partial charge in [0.2, 0.25) is 0 Å². The van der Waals surface area contributed by atoms with Gasteiger partial charge in [0, 0.05) is 25.4 Å². The third-order valence-electron chi connectivity index (χ3n) is 4.65. The van der Waals surface area contributed by atoms with Crippen LogP contribution in [0.2, 0.25) is 0 Å². The van der Waals surface area contributed by atoms with Gasteiger partial charge in [-0.15, -0.1) is 0 Å². The van der Waals surface area contributed by atoms with Crippen molar-refractivity contribution in [1.82, 2.24) is 5.32 Å². The van der Waals surface area contributed by atoms with Crippen molar-refractivity contribution in [3.63, 3.8) is 0 Å². The molecule has 0 saturated carbocycles. The molecule has 2 rings (SSSR count). The Kier molecular flexibility index (Phi) is 9.54. The summed E-state index contributed by atoms with van der Waals surface area (Å²) in [6.07, 6.45) is 5.59. The van der Waals surface area contributed by atoms with E-state index < -0.39 is 11.7 Å². The normalized spacial score (nSPS) is 17.2. The lowest BCUT2D eigenvalue weighted by Crippen LogP contribution is -2.32. The van der Waals surface area contributed by atoms with Gasteiger partial charge in [0.15, 0.2) is 0 Å². The summed E-state index contributed by atoms with van der Waals surface area (Å²) < 4.78 is 10.9. The molecule has 0 spiro atoms. The van der Waals surface area contributed by atoms with Crippen LogP contribution < -0.4 is 11.2 Å². The van der Waals surface area contributed by atoms with E-state index in [2.05, 4.69) is 34.2 Å². The van der Waals surface area contributed by atoms with Gasteiger partial charge >= 0.3 is 6.09 Å². The van der Waals surface area contributed by atoms with Crippen LogP contribution in [0.1, 0.15) is 65.1 Å². The summed E-state index contributed by atoms with van der Waals surface area (Å²) in [6, 6.07) is 5.89. The molecule has 0 bridgehead atoms. The highest BCUT2D eigenvalue weighted by atomic mass is 16.6. The van der Waals surface area contributed by atoms with Crippen molar-refractivity contribution in [3.05, 3.63) is 34.9 Å². The predicted molar refractivity (Wildman–Crippen MR) is 127 cm³/mol. The Hall–Kier alpha value is -2.85. The van der Waals surface area contributed by atoms with Gasteiger partial charge in [-0.3, -0.25) is 4.99 Å². The average molecular weight is 429 g/mol. The van der Waals surface area contributed by atoms with Gasteiger partial charge in [0.1, 0.15) is 11.3 Å². The number of hydrogen-bond donors (Lipinski definition) is 2. The molecule has 0 aromatic heterocycles. The fourth-order valence-corrected chi connectivity index (χ4v) is 3.17. The van der Waals surface area contributed by atoms with Crippen molar-refractivity contribution in [1.29, 1.82) is 0 Å². The van der Waals surface area contributed by atoms with Crippen LogP contribution >= 0.6 is 0 Å². The van der Waals surface area contributed by atoms with E-state index in [1.807, 2.05) is 39.0 Å². The number of ether oxygens (including phenoxy) is 2. The summed E-state index contributed by atoms with van der Waals surface area (Å²) in [5.74, 6) is 11.7. The molecule has 1 aliphatic rings. The van der Waals surface area contributed by atoms with E-state index >= 15 is 0 Å². The third-order valence-corrected chi connectivity index (χ3v) is 4.65. The van der Waals surface area contributed by atoms with Crippen LogP contribution in [0.3, 0.4) is 0 Å². The summed E-state index contributed by atoms with van der Waals surface area (Å²) >= 11 is 0. The van der Waals surface area contributed by atoms with Crippen molar-refractivity contribution >= 4 is 18.0 Å². The molecule has 1 fully saturated rings. The van der Waals surface area contributed by atoms with Gasteiger partial charge in [-0.2, -0.15) is 5.10 Å². The largest absolute Gasteiger partial charge is 0.444 e. The quantitative estimate of drug-likeness (QED) is 0.313. The number of nitrogens with two attached hydrogens (primary N) is 1. The van der Waals surface area contributed by atoms with E-state index in [1.165, 1.54) is 6.42 Å². The first-order valence-electron chi connectivity index (χ1n) is 10.8. The maximum Gasteiger partial charge on any atom is 0.408 e. The zero-order valence-corrected chi connectivity index (χ0v) is 19.0. The number of aryl methyl sites for hydroxylation is 1. The molecule has 1 atom stereocenters. The van der Waals surface area contributed by atoms with E-state index in [1.54, 1.807) is 6.21 Å². The Labute approximate surface area is 187 Å². The maximum absolute atomic E-state index is 11.7. The van der Waals surface area contributed by atoms with Crippen LogP contribution in [0.4, 0.5) is 4.79 Å². The number of amides is 1. The molecule has 170 valence electrons. The Bertz CT molecular complexity index is 860. The topological polar surface area (TPSA) is 98.3 Å². The number of hydrazone groups is 1. The number of alkyl carbamates (subject to hydrolysis) is 1. The van der Waals surface area contributed by atoms with E-state index in [0.29, 0.717) is 12.3 Å². The molecule has 1 saturated heterocycles. The van der Waals surface area contributed by atoms with Crippen molar-refractivity contribution in [2.45, 2.75) is 65.1 Å². The first-order chi connectivity index (χ1) is 14.8. The molecule has 1 heterocycles. The van der Waals surface area contributed by atoms with Gasteiger partial charge in [-0.05, 0) is 64.2 Å². The van der Waals surface area contributed by atoms with Crippen molar-refractivity contribution in [3.8, 4) is 11.8 Å². The molecule has 1 unspecified atom stereocenters. The smallest absolute Gasteiger partial charge is 0.408 e. The number of nitrogens with one attached hydrogen (secondary N) is 1. The molecule has 1 amide bonds. The standard InChI is InChI=1S/C24H34N4O3.H2/c1-5-19-15-18(9-8-13-27-23(29)31-24(2,3)4)11-12-21(19)22(28-25)17-26-16-20-10-6-7-14-30-20;/h11-12,15,17,20H,5-7,10,13-14,16,25H2,1-4H3,(H,27,29);1H/b26-17?,28-22+;. The SMILES string of the molecule is CCc1cc(C#CCNC(=O)OC(C)(C)C)ccc1/C(C=NCC1CCCCO1)=N/N.[HH]. The average Bonchev–Trinajstić information content (AvgIpc) is 2.74. The Balaban J connectivity index is 0.00000512. The van der Waals surface area contributed by atoms with E-state index in [-0.39, 0.29) is 14.1 Å². The summed E-state index contributed by atoms with van der Waals surface area (Å²) in [4.78, 5) is 16.2. The first-order valence-corrected chi connectivity index (χ1v) is 10.8. The van der Waals surface area contributed by atoms with Crippen molar-refractivity contribution in [2.24, 2.45) is 15.9 Å². The second kappa shape index (κ2) is 12.1. The highest BCUT2D eigenvalue weighted by Gasteiger charge is 2.15. The fraction of sp³-hybridized carbons (Fsp3) is 0.542. The zero-order valence-electron chi connectivity index (χ0n) is 19.0. The minimum atomic E-state index is -0.529. The number of hydrogen-bond acceptors (Lipinski definition) is 6. The third kappa shape index (κ3) is 8.81. The molecular formula is C24H36N4O3. The zero-order chi connectivity index (χ0) is 22.7. The highest BCUT2D eigenvalue weighted by molar-refractivity contribution is 6.38. The first kappa shape index (κ1) is 24.4. The molecule has 0 aliphatic carbocycles. The number of carbonyl (C=O) groups is 1. The molecule has 1 aliphatic heterocycles. The van der Waals surface area contributed by atoms with Crippen molar-refractivity contribution < 1.29 is 15.7 Å². The number of aliphatic imine (C=N–C) groups is 1. The van der Waals surface area contributed by atoms with Gasteiger partial charge in [0.25, 0.3) is 0 Å². The Morgan fingerprint density at radius 3 is 2.87 bits per heavy atom. The Morgan fingerprint density at radius 1 is 1.42 bits per heavy atom. The molecule has 7 nitrogen and oxygen atoms in total. The molecule has 0 radical (unpaired) electrons. The van der Waals surface area contributed by atoms with E-state index in [4.69, 9.17) is 15.3 Å².